The van der Waals surface area contributed by atoms with E-state index in [0.29, 0.717) is 40.5 Å². The SMILES string of the molecule is CCOc1cc(C(N)c2n[nH]c(COc3ccc(Cl)cc3)n2)ccc1OC. The zero-order valence-corrected chi connectivity index (χ0v) is 15.9. The molecule has 27 heavy (non-hydrogen) atoms. The molecular weight excluding hydrogens is 368 g/mol. The molecule has 7 nitrogen and oxygen atoms in total. The molecule has 8 heteroatoms. The van der Waals surface area contributed by atoms with E-state index in [2.05, 4.69) is 15.2 Å². The monoisotopic (exact) mass is 388 g/mol. The van der Waals surface area contributed by atoms with E-state index in [0.717, 1.165) is 5.56 Å². The number of benzene rings is 2. The van der Waals surface area contributed by atoms with Crippen LogP contribution in [0, 0.1) is 0 Å². The van der Waals surface area contributed by atoms with Crippen LogP contribution in [0.2, 0.25) is 5.02 Å². The van der Waals surface area contributed by atoms with Crippen molar-refractivity contribution < 1.29 is 14.2 Å². The van der Waals surface area contributed by atoms with Crippen molar-refractivity contribution in [1.29, 1.82) is 0 Å². The highest BCUT2D eigenvalue weighted by molar-refractivity contribution is 6.30. The minimum Gasteiger partial charge on any atom is -0.493 e. The number of nitrogens with one attached hydrogen (secondary N) is 1. The standard InChI is InChI=1S/C19H21ClN4O3/c1-3-26-16-10-12(4-9-15(16)25-2)18(21)19-22-17(23-24-19)11-27-14-7-5-13(20)6-8-14/h4-10,18H,3,11,21H2,1-2H3,(H,22,23,24). The molecule has 0 spiro atoms. The van der Waals surface area contributed by atoms with Crippen LogP contribution in [-0.2, 0) is 6.61 Å². The first-order valence-corrected chi connectivity index (χ1v) is 8.84. The van der Waals surface area contributed by atoms with Gasteiger partial charge in [0.05, 0.1) is 19.8 Å². The Morgan fingerprint density at radius 3 is 2.59 bits per heavy atom. The Balaban J connectivity index is 1.69. The van der Waals surface area contributed by atoms with Gasteiger partial charge in [0.2, 0.25) is 0 Å². The molecule has 1 unspecified atom stereocenters. The fraction of sp³-hybridized carbons (Fsp3) is 0.263. The minimum atomic E-state index is -0.504. The van der Waals surface area contributed by atoms with Gasteiger partial charge >= 0.3 is 0 Å². The van der Waals surface area contributed by atoms with Crippen molar-refractivity contribution in [2.75, 3.05) is 13.7 Å². The maximum Gasteiger partial charge on any atom is 0.172 e. The number of methoxy groups -OCH3 is 1. The third kappa shape index (κ3) is 4.69. The summed E-state index contributed by atoms with van der Waals surface area (Å²) >= 11 is 5.86. The van der Waals surface area contributed by atoms with Gasteiger partial charge in [-0.3, -0.25) is 5.10 Å². The molecule has 2 aromatic carbocycles. The van der Waals surface area contributed by atoms with Crippen molar-refractivity contribution in [2.45, 2.75) is 19.6 Å². The van der Waals surface area contributed by atoms with Crippen LogP contribution < -0.4 is 19.9 Å². The summed E-state index contributed by atoms with van der Waals surface area (Å²) < 4.78 is 16.6. The lowest BCUT2D eigenvalue weighted by Crippen LogP contribution is -2.14. The first-order valence-electron chi connectivity index (χ1n) is 8.46. The van der Waals surface area contributed by atoms with E-state index in [4.69, 9.17) is 31.5 Å². The molecule has 0 radical (unpaired) electrons. The normalized spacial score (nSPS) is 11.9. The van der Waals surface area contributed by atoms with Gasteiger partial charge in [-0.25, -0.2) is 4.98 Å². The second-order valence-corrected chi connectivity index (χ2v) is 6.14. The second kappa shape index (κ2) is 8.75. The number of rotatable bonds is 8. The van der Waals surface area contributed by atoms with Gasteiger partial charge in [0.1, 0.15) is 12.4 Å². The van der Waals surface area contributed by atoms with Gasteiger partial charge in [-0.05, 0) is 48.9 Å². The molecule has 0 fully saturated rings. The number of ether oxygens (including phenoxy) is 3. The molecule has 0 saturated carbocycles. The summed E-state index contributed by atoms with van der Waals surface area (Å²) in [6, 6.07) is 12.1. The molecular formula is C19H21ClN4O3. The highest BCUT2D eigenvalue weighted by Crippen LogP contribution is 2.31. The topological polar surface area (TPSA) is 95.3 Å². The number of nitrogens with zero attached hydrogens (tertiary/aromatic N) is 2. The molecule has 142 valence electrons. The van der Waals surface area contributed by atoms with Gasteiger partial charge in [0.15, 0.2) is 23.1 Å². The van der Waals surface area contributed by atoms with E-state index < -0.39 is 6.04 Å². The summed E-state index contributed by atoms with van der Waals surface area (Å²) in [4.78, 5) is 4.42. The minimum absolute atomic E-state index is 0.244. The Hall–Kier alpha value is -2.77. The molecule has 3 N–H and O–H groups in total. The molecule has 0 aliphatic heterocycles. The molecule has 0 aliphatic carbocycles. The summed E-state index contributed by atoms with van der Waals surface area (Å²) in [6.07, 6.45) is 0. The van der Waals surface area contributed by atoms with Gasteiger partial charge < -0.3 is 19.9 Å². The smallest absolute Gasteiger partial charge is 0.172 e. The van der Waals surface area contributed by atoms with E-state index in [1.54, 1.807) is 31.4 Å². The van der Waals surface area contributed by atoms with Crippen LogP contribution in [0.25, 0.3) is 0 Å². The van der Waals surface area contributed by atoms with Crippen LogP contribution in [0.4, 0.5) is 0 Å². The van der Waals surface area contributed by atoms with Gasteiger partial charge in [-0.1, -0.05) is 17.7 Å². The lowest BCUT2D eigenvalue weighted by molar-refractivity contribution is 0.296. The van der Waals surface area contributed by atoms with E-state index in [9.17, 15) is 0 Å². The van der Waals surface area contributed by atoms with Crippen molar-refractivity contribution in [1.82, 2.24) is 15.2 Å². The molecule has 0 bridgehead atoms. The van der Waals surface area contributed by atoms with Crippen molar-refractivity contribution in [3.05, 3.63) is 64.7 Å². The number of aromatic nitrogens is 3. The Morgan fingerprint density at radius 1 is 1.11 bits per heavy atom. The quantitative estimate of drug-likeness (QED) is 0.613. The number of aromatic amines is 1. The maximum atomic E-state index is 6.31. The van der Waals surface area contributed by atoms with Crippen LogP contribution in [-0.4, -0.2) is 28.9 Å². The lowest BCUT2D eigenvalue weighted by atomic mass is 10.1. The van der Waals surface area contributed by atoms with Crippen molar-refractivity contribution >= 4 is 11.6 Å². The zero-order valence-electron chi connectivity index (χ0n) is 15.1. The molecule has 1 aromatic heterocycles. The molecule has 0 saturated heterocycles. The summed E-state index contributed by atoms with van der Waals surface area (Å²) in [6.45, 7) is 2.68. The molecule has 3 aromatic rings. The Bertz CT molecular complexity index is 883. The van der Waals surface area contributed by atoms with Gasteiger partial charge in [0, 0.05) is 5.02 Å². The predicted octanol–water partition coefficient (Wildman–Crippen LogP) is 3.49. The largest absolute Gasteiger partial charge is 0.493 e. The summed E-state index contributed by atoms with van der Waals surface area (Å²) in [5.74, 6) is 3.03. The predicted molar refractivity (Wildman–Crippen MR) is 102 cm³/mol. The highest BCUT2D eigenvalue weighted by atomic mass is 35.5. The molecule has 0 aliphatic rings. The second-order valence-electron chi connectivity index (χ2n) is 5.70. The van der Waals surface area contributed by atoms with E-state index >= 15 is 0 Å². The molecule has 1 heterocycles. The first-order chi connectivity index (χ1) is 13.1. The summed E-state index contributed by atoms with van der Waals surface area (Å²) in [7, 11) is 1.60. The zero-order chi connectivity index (χ0) is 19.2. The third-order valence-electron chi connectivity index (χ3n) is 3.86. The van der Waals surface area contributed by atoms with Crippen LogP contribution in [0.1, 0.15) is 30.2 Å². The van der Waals surface area contributed by atoms with E-state index in [1.807, 2.05) is 25.1 Å². The fourth-order valence-corrected chi connectivity index (χ4v) is 2.63. The fourth-order valence-electron chi connectivity index (χ4n) is 2.50. The highest BCUT2D eigenvalue weighted by Gasteiger charge is 2.17. The molecule has 3 rings (SSSR count). The lowest BCUT2D eigenvalue weighted by Gasteiger charge is -2.13. The van der Waals surface area contributed by atoms with E-state index in [1.165, 1.54) is 0 Å². The van der Waals surface area contributed by atoms with Crippen LogP contribution in [0.5, 0.6) is 17.2 Å². The Labute approximate surface area is 162 Å². The Kier molecular flexibility index (Phi) is 6.16. The number of hydrogen-bond acceptors (Lipinski definition) is 6. The number of halogens is 1. The first kappa shape index (κ1) is 19.0. The Morgan fingerprint density at radius 2 is 1.89 bits per heavy atom. The van der Waals surface area contributed by atoms with Crippen LogP contribution >= 0.6 is 11.6 Å². The van der Waals surface area contributed by atoms with Gasteiger partial charge in [-0.2, -0.15) is 5.10 Å². The van der Waals surface area contributed by atoms with Crippen molar-refractivity contribution in [3.63, 3.8) is 0 Å². The van der Waals surface area contributed by atoms with Gasteiger partial charge in [0.25, 0.3) is 0 Å². The van der Waals surface area contributed by atoms with Crippen LogP contribution in [0.15, 0.2) is 42.5 Å². The average Bonchev–Trinajstić information content (AvgIpc) is 3.16. The number of H-pyrrole nitrogens is 1. The summed E-state index contributed by atoms with van der Waals surface area (Å²) in [5.41, 5.74) is 7.14. The van der Waals surface area contributed by atoms with Gasteiger partial charge in [-0.15, -0.1) is 0 Å². The van der Waals surface area contributed by atoms with Crippen molar-refractivity contribution in [2.24, 2.45) is 5.73 Å². The summed E-state index contributed by atoms with van der Waals surface area (Å²) in [5, 5.41) is 7.71. The molecule has 0 amide bonds. The molecule has 1 atom stereocenters. The number of nitrogens with two attached hydrogens (primary N) is 1. The third-order valence-corrected chi connectivity index (χ3v) is 4.11. The van der Waals surface area contributed by atoms with Crippen LogP contribution in [0.3, 0.4) is 0 Å². The number of hydrogen-bond donors (Lipinski definition) is 2. The van der Waals surface area contributed by atoms with Crippen molar-refractivity contribution in [3.8, 4) is 17.2 Å². The average molecular weight is 389 g/mol. The maximum absolute atomic E-state index is 6.31. The van der Waals surface area contributed by atoms with E-state index in [-0.39, 0.29) is 6.61 Å².